The van der Waals surface area contributed by atoms with Gasteiger partial charge in [-0.2, -0.15) is 13.7 Å². The Hall–Kier alpha value is -3.60. The predicted molar refractivity (Wildman–Crippen MR) is 119 cm³/mol. The Labute approximate surface area is 185 Å². The molecule has 1 N–H and O–H groups in total. The largest absolute Gasteiger partial charge is 0.379 e. The molecule has 0 aromatic heterocycles. The minimum Gasteiger partial charge on any atom is -0.379 e. The first-order valence-corrected chi connectivity index (χ1v) is 10.9. The van der Waals surface area contributed by atoms with E-state index in [9.17, 15) is 18.5 Å². The summed E-state index contributed by atoms with van der Waals surface area (Å²) in [5.74, 6) is -0.452. The molecular formula is C23H17ClN2O4S. The molecule has 3 rings (SSSR count). The molecule has 156 valence electrons. The fourth-order valence-electron chi connectivity index (χ4n) is 2.55. The SMILES string of the molecule is Cc1ccc(NC(=O)/C(C#N)=C/c2ccc(OS(=O)(=O)c3ccc(Cl)cc3)cc2)cc1. The van der Waals surface area contributed by atoms with E-state index in [-0.39, 0.29) is 16.2 Å². The van der Waals surface area contributed by atoms with Gasteiger partial charge in [0.15, 0.2) is 0 Å². The summed E-state index contributed by atoms with van der Waals surface area (Å²) in [5, 5.41) is 12.4. The maximum absolute atomic E-state index is 12.4. The predicted octanol–water partition coefficient (Wildman–Crippen LogP) is 4.96. The van der Waals surface area contributed by atoms with Gasteiger partial charge in [0.2, 0.25) is 0 Å². The van der Waals surface area contributed by atoms with Crippen molar-refractivity contribution in [3.05, 3.63) is 94.5 Å². The van der Waals surface area contributed by atoms with Gasteiger partial charge in [-0.1, -0.05) is 41.4 Å². The van der Waals surface area contributed by atoms with Crippen LogP contribution >= 0.6 is 11.6 Å². The highest BCUT2D eigenvalue weighted by atomic mass is 35.5. The number of nitrogens with one attached hydrogen (secondary N) is 1. The van der Waals surface area contributed by atoms with Crippen LogP contribution in [0.2, 0.25) is 5.02 Å². The number of rotatable bonds is 6. The van der Waals surface area contributed by atoms with Crippen LogP contribution < -0.4 is 9.50 Å². The number of aryl methyl sites for hydroxylation is 1. The summed E-state index contributed by atoms with van der Waals surface area (Å²) in [6.45, 7) is 1.93. The van der Waals surface area contributed by atoms with Crippen molar-refractivity contribution >= 4 is 39.4 Å². The highest BCUT2D eigenvalue weighted by Gasteiger charge is 2.16. The van der Waals surface area contributed by atoms with Crippen LogP contribution in [0.3, 0.4) is 0 Å². The number of hydrogen-bond acceptors (Lipinski definition) is 5. The number of halogens is 1. The highest BCUT2D eigenvalue weighted by molar-refractivity contribution is 7.87. The van der Waals surface area contributed by atoms with Crippen molar-refractivity contribution in [1.29, 1.82) is 5.26 Å². The lowest BCUT2D eigenvalue weighted by molar-refractivity contribution is -0.112. The van der Waals surface area contributed by atoms with E-state index in [1.165, 1.54) is 42.5 Å². The molecule has 0 aliphatic carbocycles. The van der Waals surface area contributed by atoms with Gasteiger partial charge in [-0.15, -0.1) is 0 Å². The second-order valence-electron chi connectivity index (χ2n) is 6.55. The molecule has 31 heavy (non-hydrogen) atoms. The molecule has 0 bridgehead atoms. The first-order valence-electron chi connectivity index (χ1n) is 9.07. The molecule has 0 saturated carbocycles. The Morgan fingerprint density at radius 1 is 1.00 bits per heavy atom. The second kappa shape index (κ2) is 9.47. The van der Waals surface area contributed by atoms with Crippen molar-refractivity contribution in [2.24, 2.45) is 0 Å². The molecule has 0 spiro atoms. The Morgan fingerprint density at radius 3 is 2.19 bits per heavy atom. The van der Waals surface area contributed by atoms with E-state index >= 15 is 0 Å². The number of nitrogens with zero attached hydrogens (tertiary/aromatic N) is 1. The molecular weight excluding hydrogens is 436 g/mol. The van der Waals surface area contributed by atoms with E-state index in [4.69, 9.17) is 15.8 Å². The number of carbonyl (C=O) groups excluding carboxylic acids is 1. The van der Waals surface area contributed by atoms with E-state index in [1.807, 2.05) is 25.1 Å². The van der Waals surface area contributed by atoms with Crippen LogP contribution in [0, 0.1) is 18.3 Å². The van der Waals surface area contributed by atoms with Crippen LogP contribution in [-0.4, -0.2) is 14.3 Å². The average Bonchev–Trinajstić information content (AvgIpc) is 2.75. The molecule has 0 radical (unpaired) electrons. The van der Waals surface area contributed by atoms with E-state index < -0.39 is 16.0 Å². The van der Waals surface area contributed by atoms with Crippen molar-refractivity contribution in [2.75, 3.05) is 5.32 Å². The molecule has 0 aliphatic rings. The zero-order chi connectivity index (χ0) is 22.4. The molecule has 3 aromatic rings. The maximum atomic E-state index is 12.4. The van der Waals surface area contributed by atoms with Crippen molar-refractivity contribution in [3.63, 3.8) is 0 Å². The molecule has 0 unspecified atom stereocenters. The third-order valence-electron chi connectivity index (χ3n) is 4.17. The molecule has 0 aliphatic heterocycles. The van der Waals surface area contributed by atoms with Gasteiger partial charge >= 0.3 is 10.1 Å². The normalized spacial score (nSPS) is 11.5. The zero-order valence-electron chi connectivity index (χ0n) is 16.4. The van der Waals surface area contributed by atoms with Crippen LogP contribution in [-0.2, 0) is 14.9 Å². The second-order valence-corrected chi connectivity index (χ2v) is 8.53. The summed E-state index contributed by atoms with van der Waals surface area (Å²) >= 11 is 5.77. The van der Waals surface area contributed by atoms with E-state index in [2.05, 4.69) is 5.32 Å². The Balaban J connectivity index is 1.72. The maximum Gasteiger partial charge on any atom is 0.339 e. The lowest BCUT2D eigenvalue weighted by Gasteiger charge is -2.07. The van der Waals surface area contributed by atoms with Crippen molar-refractivity contribution < 1.29 is 17.4 Å². The van der Waals surface area contributed by atoms with Gasteiger partial charge in [0.1, 0.15) is 22.3 Å². The molecule has 0 saturated heterocycles. The molecule has 1 amide bonds. The lowest BCUT2D eigenvalue weighted by atomic mass is 10.1. The van der Waals surface area contributed by atoms with Gasteiger partial charge < -0.3 is 9.50 Å². The van der Waals surface area contributed by atoms with Crippen molar-refractivity contribution in [1.82, 2.24) is 0 Å². The quantitative estimate of drug-likeness (QED) is 0.324. The molecule has 6 nitrogen and oxygen atoms in total. The van der Waals surface area contributed by atoms with Crippen molar-refractivity contribution in [2.45, 2.75) is 11.8 Å². The monoisotopic (exact) mass is 452 g/mol. The van der Waals surface area contributed by atoms with Crippen LogP contribution in [0.1, 0.15) is 11.1 Å². The summed E-state index contributed by atoms with van der Waals surface area (Å²) < 4.78 is 29.8. The van der Waals surface area contributed by atoms with Gasteiger partial charge in [-0.25, -0.2) is 0 Å². The lowest BCUT2D eigenvalue weighted by Crippen LogP contribution is -2.13. The number of carbonyl (C=O) groups is 1. The van der Waals surface area contributed by atoms with Crippen molar-refractivity contribution in [3.8, 4) is 11.8 Å². The van der Waals surface area contributed by atoms with Crippen LogP contribution in [0.5, 0.6) is 5.75 Å². The van der Waals surface area contributed by atoms with Gasteiger partial charge in [0.25, 0.3) is 5.91 Å². The smallest absolute Gasteiger partial charge is 0.339 e. The number of hydrogen-bond donors (Lipinski definition) is 1. The third kappa shape index (κ3) is 5.95. The summed E-state index contributed by atoms with van der Waals surface area (Å²) in [5.41, 5.74) is 2.07. The van der Waals surface area contributed by atoms with Gasteiger partial charge in [-0.05, 0) is 67.1 Å². The van der Waals surface area contributed by atoms with E-state index in [0.717, 1.165) is 5.56 Å². The van der Waals surface area contributed by atoms with Crippen LogP contribution in [0.15, 0.2) is 83.3 Å². The fourth-order valence-corrected chi connectivity index (χ4v) is 3.60. The minimum atomic E-state index is -4.01. The van der Waals surface area contributed by atoms with Gasteiger partial charge in [-0.3, -0.25) is 4.79 Å². The third-order valence-corrected chi connectivity index (χ3v) is 5.69. The Kier molecular flexibility index (Phi) is 6.75. The van der Waals surface area contributed by atoms with Gasteiger partial charge in [0, 0.05) is 10.7 Å². The summed E-state index contributed by atoms with van der Waals surface area (Å²) in [6, 6.07) is 20.6. The van der Waals surface area contributed by atoms with Crippen LogP contribution in [0.25, 0.3) is 6.08 Å². The summed E-state index contributed by atoms with van der Waals surface area (Å²) in [4.78, 5) is 12.3. The van der Waals surface area contributed by atoms with E-state index in [0.29, 0.717) is 16.3 Å². The minimum absolute atomic E-state index is 0.0274. The van der Waals surface area contributed by atoms with E-state index in [1.54, 1.807) is 24.3 Å². The number of nitriles is 1. The molecule has 8 heteroatoms. The number of anilines is 1. The zero-order valence-corrected chi connectivity index (χ0v) is 17.9. The Morgan fingerprint density at radius 2 is 1.61 bits per heavy atom. The summed E-state index contributed by atoms with van der Waals surface area (Å²) in [6.07, 6.45) is 1.40. The standard InChI is InChI=1S/C23H17ClN2O4S/c1-16-2-8-20(9-3-16)26-23(27)18(15-25)14-17-4-10-21(11-5-17)30-31(28,29)22-12-6-19(24)7-13-22/h2-14H,1H3,(H,26,27)/b18-14+. The fraction of sp³-hybridized carbons (Fsp3) is 0.0435. The van der Waals surface area contributed by atoms with Gasteiger partial charge in [0.05, 0.1) is 0 Å². The molecule has 0 heterocycles. The molecule has 0 atom stereocenters. The molecule has 0 fully saturated rings. The average molecular weight is 453 g/mol. The highest BCUT2D eigenvalue weighted by Crippen LogP contribution is 2.21. The van der Waals surface area contributed by atoms with Crippen LogP contribution in [0.4, 0.5) is 5.69 Å². The topological polar surface area (TPSA) is 96.3 Å². The number of amides is 1. The number of benzene rings is 3. The summed E-state index contributed by atoms with van der Waals surface area (Å²) in [7, 11) is -4.01. The Bertz CT molecular complexity index is 1260. The first kappa shape index (κ1) is 22.1. The molecule has 3 aromatic carbocycles. The first-order chi connectivity index (χ1) is 14.8.